The van der Waals surface area contributed by atoms with Gasteiger partial charge in [0.2, 0.25) is 5.91 Å². The van der Waals surface area contributed by atoms with Gasteiger partial charge in [0.1, 0.15) is 17.7 Å². The van der Waals surface area contributed by atoms with Crippen molar-refractivity contribution in [3.63, 3.8) is 0 Å². The Morgan fingerprint density at radius 2 is 1.92 bits per heavy atom. The van der Waals surface area contributed by atoms with E-state index in [2.05, 4.69) is 16.7 Å². The second-order valence-electron chi connectivity index (χ2n) is 6.36. The Morgan fingerprint density at radius 1 is 1.15 bits per heavy atom. The van der Waals surface area contributed by atoms with Crippen molar-refractivity contribution < 1.29 is 18.7 Å². The summed E-state index contributed by atoms with van der Waals surface area (Å²) in [4.78, 5) is 23.8. The molecule has 0 radical (unpaired) electrons. The Balaban J connectivity index is 1.40. The Labute approximate surface area is 151 Å². The molecule has 0 unspecified atom stereocenters. The molecule has 6 heteroatoms. The summed E-state index contributed by atoms with van der Waals surface area (Å²) in [5, 5.41) is 5.49. The molecule has 2 aromatic rings. The number of nitrogens with one attached hydrogen (secondary N) is 2. The minimum Gasteiger partial charge on any atom is -0.490 e. The standard InChI is InChI=1S/C20H21FN2O3/c1-13-10-16-11-14(2-7-18(16)26-13)12-23-19(24)8-9-22-20(25)15-3-5-17(21)6-4-15/h2-7,11,13H,8-10,12H2,1H3,(H,22,25)(H,23,24)/t13-/m1/s1. The number of carbonyl (C=O) groups is 2. The third-order valence-electron chi connectivity index (χ3n) is 4.19. The number of hydrogen-bond donors (Lipinski definition) is 2. The van der Waals surface area contributed by atoms with Gasteiger partial charge in [-0.3, -0.25) is 9.59 Å². The molecule has 0 spiro atoms. The number of rotatable bonds is 6. The highest BCUT2D eigenvalue weighted by atomic mass is 19.1. The fourth-order valence-electron chi connectivity index (χ4n) is 2.87. The van der Waals surface area contributed by atoms with Gasteiger partial charge < -0.3 is 15.4 Å². The van der Waals surface area contributed by atoms with Crippen LogP contribution >= 0.6 is 0 Å². The molecule has 0 saturated heterocycles. The fourth-order valence-corrected chi connectivity index (χ4v) is 2.87. The topological polar surface area (TPSA) is 67.4 Å². The number of halogens is 1. The fraction of sp³-hybridized carbons (Fsp3) is 0.300. The summed E-state index contributed by atoms with van der Waals surface area (Å²) in [5.41, 5.74) is 2.54. The molecule has 2 aromatic carbocycles. The number of benzene rings is 2. The molecule has 1 aliphatic heterocycles. The van der Waals surface area contributed by atoms with Gasteiger partial charge in [-0.05, 0) is 48.4 Å². The molecule has 0 saturated carbocycles. The summed E-state index contributed by atoms with van der Waals surface area (Å²) < 4.78 is 18.5. The molecular weight excluding hydrogens is 335 g/mol. The molecule has 1 heterocycles. The van der Waals surface area contributed by atoms with Gasteiger partial charge in [0.25, 0.3) is 5.91 Å². The lowest BCUT2D eigenvalue weighted by molar-refractivity contribution is -0.121. The van der Waals surface area contributed by atoms with Crippen LogP contribution in [0, 0.1) is 5.82 Å². The zero-order valence-electron chi connectivity index (χ0n) is 14.5. The molecule has 1 aliphatic rings. The van der Waals surface area contributed by atoms with E-state index < -0.39 is 5.82 Å². The van der Waals surface area contributed by atoms with Gasteiger partial charge >= 0.3 is 0 Å². The lowest BCUT2D eigenvalue weighted by Gasteiger charge is -2.08. The second kappa shape index (κ2) is 7.99. The average molecular weight is 356 g/mol. The van der Waals surface area contributed by atoms with Crippen molar-refractivity contribution in [2.45, 2.75) is 32.4 Å². The summed E-state index contributed by atoms with van der Waals surface area (Å²) in [7, 11) is 0. The van der Waals surface area contributed by atoms with Crippen LogP contribution in [0.3, 0.4) is 0 Å². The Bertz CT molecular complexity index is 805. The van der Waals surface area contributed by atoms with Crippen LogP contribution in [0.1, 0.15) is 34.8 Å². The van der Waals surface area contributed by atoms with Crippen LogP contribution in [-0.4, -0.2) is 24.5 Å². The first-order chi connectivity index (χ1) is 12.5. The predicted molar refractivity (Wildman–Crippen MR) is 95.4 cm³/mol. The molecule has 0 bridgehead atoms. The van der Waals surface area contributed by atoms with Gasteiger partial charge in [0.15, 0.2) is 0 Å². The largest absolute Gasteiger partial charge is 0.490 e. The van der Waals surface area contributed by atoms with Crippen molar-refractivity contribution in [3.05, 3.63) is 65.0 Å². The summed E-state index contributed by atoms with van der Waals surface area (Å²) in [6.45, 7) is 2.69. The molecule has 0 fully saturated rings. The molecule has 3 rings (SSSR count). The van der Waals surface area contributed by atoms with Crippen molar-refractivity contribution >= 4 is 11.8 Å². The minimum atomic E-state index is -0.395. The zero-order valence-corrected chi connectivity index (χ0v) is 14.5. The van der Waals surface area contributed by atoms with Crippen LogP contribution < -0.4 is 15.4 Å². The normalized spacial score (nSPS) is 15.1. The first-order valence-corrected chi connectivity index (χ1v) is 8.60. The van der Waals surface area contributed by atoms with E-state index in [-0.39, 0.29) is 30.9 Å². The second-order valence-corrected chi connectivity index (χ2v) is 6.36. The van der Waals surface area contributed by atoms with Gasteiger partial charge in [-0.15, -0.1) is 0 Å². The number of carbonyl (C=O) groups excluding carboxylic acids is 2. The molecule has 136 valence electrons. The van der Waals surface area contributed by atoms with E-state index in [0.717, 1.165) is 23.3 Å². The van der Waals surface area contributed by atoms with E-state index >= 15 is 0 Å². The maximum absolute atomic E-state index is 12.8. The Hall–Kier alpha value is -2.89. The maximum atomic E-state index is 12.8. The van der Waals surface area contributed by atoms with Gasteiger partial charge in [-0.25, -0.2) is 4.39 Å². The third kappa shape index (κ3) is 4.59. The average Bonchev–Trinajstić information content (AvgIpc) is 2.99. The van der Waals surface area contributed by atoms with E-state index in [1.807, 2.05) is 19.1 Å². The Kier molecular flexibility index (Phi) is 5.51. The van der Waals surface area contributed by atoms with Crippen molar-refractivity contribution in [3.8, 4) is 5.75 Å². The van der Waals surface area contributed by atoms with Gasteiger partial charge in [-0.1, -0.05) is 12.1 Å². The Morgan fingerprint density at radius 3 is 2.69 bits per heavy atom. The molecular formula is C20H21FN2O3. The molecule has 5 nitrogen and oxygen atoms in total. The lowest BCUT2D eigenvalue weighted by atomic mass is 10.1. The first kappa shape index (κ1) is 17.9. The lowest BCUT2D eigenvalue weighted by Crippen LogP contribution is -2.30. The SMILES string of the molecule is C[C@@H]1Cc2cc(CNC(=O)CCNC(=O)c3ccc(F)cc3)ccc2O1. The van der Waals surface area contributed by atoms with Crippen LogP contribution in [0.4, 0.5) is 4.39 Å². The van der Waals surface area contributed by atoms with Gasteiger partial charge in [0, 0.05) is 31.5 Å². The first-order valence-electron chi connectivity index (χ1n) is 8.60. The predicted octanol–water partition coefficient (Wildman–Crippen LogP) is 2.59. The quantitative estimate of drug-likeness (QED) is 0.836. The minimum absolute atomic E-state index is 0.144. The molecule has 1 atom stereocenters. The summed E-state index contributed by atoms with van der Waals surface area (Å²) in [6, 6.07) is 11.2. The van der Waals surface area contributed by atoms with E-state index in [1.54, 1.807) is 0 Å². The van der Waals surface area contributed by atoms with E-state index in [9.17, 15) is 14.0 Å². The van der Waals surface area contributed by atoms with Gasteiger partial charge in [-0.2, -0.15) is 0 Å². The van der Waals surface area contributed by atoms with Crippen LogP contribution in [-0.2, 0) is 17.8 Å². The van der Waals surface area contributed by atoms with Crippen molar-refractivity contribution in [2.75, 3.05) is 6.54 Å². The van der Waals surface area contributed by atoms with Crippen LogP contribution in [0.15, 0.2) is 42.5 Å². The van der Waals surface area contributed by atoms with E-state index in [1.165, 1.54) is 24.3 Å². The van der Waals surface area contributed by atoms with Crippen LogP contribution in [0.2, 0.25) is 0 Å². The highest BCUT2D eigenvalue weighted by Crippen LogP contribution is 2.29. The molecule has 0 aromatic heterocycles. The monoisotopic (exact) mass is 356 g/mol. The number of hydrogen-bond acceptors (Lipinski definition) is 3. The van der Waals surface area contributed by atoms with Crippen LogP contribution in [0.5, 0.6) is 5.75 Å². The summed E-state index contributed by atoms with van der Waals surface area (Å²) in [6.07, 6.45) is 1.25. The maximum Gasteiger partial charge on any atom is 0.251 e. The summed E-state index contributed by atoms with van der Waals surface area (Å²) in [5.74, 6) is 0.0460. The smallest absolute Gasteiger partial charge is 0.251 e. The zero-order chi connectivity index (χ0) is 18.5. The highest BCUT2D eigenvalue weighted by Gasteiger charge is 2.18. The summed E-state index contributed by atoms with van der Waals surface area (Å²) >= 11 is 0. The number of ether oxygens (including phenoxy) is 1. The van der Waals surface area contributed by atoms with Crippen LogP contribution in [0.25, 0.3) is 0 Å². The molecule has 0 aliphatic carbocycles. The number of amides is 2. The van der Waals surface area contributed by atoms with E-state index in [4.69, 9.17) is 4.74 Å². The molecule has 2 N–H and O–H groups in total. The van der Waals surface area contributed by atoms with Gasteiger partial charge in [0.05, 0.1) is 0 Å². The van der Waals surface area contributed by atoms with Crippen molar-refractivity contribution in [1.29, 1.82) is 0 Å². The highest BCUT2D eigenvalue weighted by molar-refractivity contribution is 5.94. The van der Waals surface area contributed by atoms with Crippen molar-refractivity contribution in [1.82, 2.24) is 10.6 Å². The number of fused-ring (bicyclic) bond motifs is 1. The van der Waals surface area contributed by atoms with Crippen molar-refractivity contribution in [2.24, 2.45) is 0 Å². The third-order valence-corrected chi connectivity index (χ3v) is 4.19. The van der Waals surface area contributed by atoms with E-state index in [0.29, 0.717) is 12.1 Å². The molecule has 26 heavy (non-hydrogen) atoms. The molecule has 2 amide bonds.